The Balaban J connectivity index is 1.86. The van der Waals surface area contributed by atoms with Crippen LogP contribution in [-0.4, -0.2) is 26.8 Å². The third-order valence-electron chi connectivity index (χ3n) is 3.37. The fourth-order valence-corrected chi connectivity index (χ4v) is 3.49. The topological polar surface area (TPSA) is 55.6 Å². The maximum Gasteiger partial charge on any atom is 0.176 e. The van der Waals surface area contributed by atoms with Crippen LogP contribution < -0.4 is 5.32 Å². The van der Waals surface area contributed by atoms with Gasteiger partial charge in [0.25, 0.3) is 0 Å². The molecule has 5 nitrogen and oxygen atoms in total. The standard InChI is InChI=1S/C15H19N5S/c1-3-8-16-12(10-15-17-19-20(2)18-15)14-9-11-6-4-5-7-13(11)21-14/h4-7,9,12,16H,3,8,10H2,1-2H3. The fourth-order valence-electron chi connectivity index (χ4n) is 2.35. The molecule has 0 radical (unpaired) electrons. The van der Waals surface area contributed by atoms with Gasteiger partial charge in [-0.25, -0.2) is 0 Å². The Bertz CT molecular complexity index is 685. The summed E-state index contributed by atoms with van der Waals surface area (Å²) in [5, 5.41) is 17.2. The number of tetrazole rings is 1. The van der Waals surface area contributed by atoms with E-state index in [0.717, 1.165) is 25.2 Å². The van der Waals surface area contributed by atoms with Crippen LogP contribution in [0.1, 0.15) is 30.1 Å². The van der Waals surface area contributed by atoms with Crippen LogP contribution in [0.25, 0.3) is 10.1 Å². The second kappa shape index (κ2) is 6.32. The minimum Gasteiger partial charge on any atom is -0.309 e. The summed E-state index contributed by atoms with van der Waals surface area (Å²) in [7, 11) is 1.80. The van der Waals surface area contributed by atoms with Gasteiger partial charge in [-0.3, -0.25) is 0 Å². The lowest BCUT2D eigenvalue weighted by atomic mass is 10.1. The minimum atomic E-state index is 0.242. The first-order valence-electron chi connectivity index (χ1n) is 7.21. The van der Waals surface area contributed by atoms with Crippen molar-refractivity contribution in [3.05, 3.63) is 41.0 Å². The summed E-state index contributed by atoms with van der Waals surface area (Å²) in [4.78, 5) is 2.84. The van der Waals surface area contributed by atoms with Crippen LogP contribution in [0.5, 0.6) is 0 Å². The average Bonchev–Trinajstić information content (AvgIpc) is 3.09. The third-order valence-corrected chi connectivity index (χ3v) is 4.59. The molecule has 0 amide bonds. The monoisotopic (exact) mass is 301 g/mol. The van der Waals surface area contributed by atoms with E-state index < -0.39 is 0 Å². The average molecular weight is 301 g/mol. The molecule has 0 spiro atoms. The molecule has 110 valence electrons. The van der Waals surface area contributed by atoms with Crippen molar-refractivity contribution >= 4 is 21.4 Å². The Labute approximate surface area is 128 Å². The summed E-state index contributed by atoms with van der Waals surface area (Å²) in [5.41, 5.74) is 0. The molecule has 0 fully saturated rings. The highest BCUT2D eigenvalue weighted by Gasteiger charge is 2.17. The van der Waals surface area contributed by atoms with Gasteiger partial charge in [0.05, 0.1) is 7.05 Å². The van der Waals surface area contributed by atoms with Gasteiger partial charge in [0, 0.05) is 22.0 Å². The van der Waals surface area contributed by atoms with Gasteiger partial charge in [0.15, 0.2) is 5.82 Å². The molecular formula is C15H19N5S. The molecule has 0 aliphatic heterocycles. The van der Waals surface area contributed by atoms with Crippen LogP contribution in [0.15, 0.2) is 30.3 Å². The number of thiophene rings is 1. The van der Waals surface area contributed by atoms with Crippen molar-refractivity contribution < 1.29 is 0 Å². The molecule has 0 saturated heterocycles. The van der Waals surface area contributed by atoms with Crippen LogP contribution in [-0.2, 0) is 13.5 Å². The van der Waals surface area contributed by atoms with Gasteiger partial charge >= 0.3 is 0 Å². The number of rotatable bonds is 6. The second-order valence-electron chi connectivity index (χ2n) is 5.09. The van der Waals surface area contributed by atoms with Gasteiger partial charge in [-0.15, -0.1) is 21.5 Å². The van der Waals surface area contributed by atoms with Crippen LogP contribution in [0.3, 0.4) is 0 Å². The normalized spacial score (nSPS) is 12.9. The zero-order valence-electron chi connectivity index (χ0n) is 12.3. The number of fused-ring (bicyclic) bond motifs is 1. The van der Waals surface area contributed by atoms with Crippen molar-refractivity contribution in [2.75, 3.05) is 6.54 Å². The van der Waals surface area contributed by atoms with E-state index in [4.69, 9.17) is 0 Å². The number of nitrogens with one attached hydrogen (secondary N) is 1. The first kappa shape index (κ1) is 14.2. The Kier molecular flexibility index (Phi) is 4.26. The van der Waals surface area contributed by atoms with Crippen molar-refractivity contribution in [1.29, 1.82) is 0 Å². The molecule has 1 aromatic carbocycles. The molecule has 0 saturated carbocycles. The molecule has 0 bridgehead atoms. The molecule has 21 heavy (non-hydrogen) atoms. The summed E-state index contributed by atoms with van der Waals surface area (Å²) >= 11 is 1.84. The van der Waals surface area contributed by atoms with E-state index in [1.165, 1.54) is 19.8 Å². The summed E-state index contributed by atoms with van der Waals surface area (Å²) in [5.74, 6) is 0.781. The van der Waals surface area contributed by atoms with Crippen molar-refractivity contribution in [3.8, 4) is 0 Å². The van der Waals surface area contributed by atoms with Crippen LogP contribution in [0.4, 0.5) is 0 Å². The summed E-state index contributed by atoms with van der Waals surface area (Å²) in [6.07, 6.45) is 1.87. The van der Waals surface area contributed by atoms with E-state index in [1.54, 1.807) is 7.05 Å². The number of hydrogen-bond donors (Lipinski definition) is 1. The molecule has 6 heteroatoms. The minimum absolute atomic E-state index is 0.242. The number of nitrogens with zero attached hydrogens (tertiary/aromatic N) is 4. The van der Waals surface area contributed by atoms with Gasteiger partial charge < -0.3 is 5.32 Å². The molecule has 3 aromatic rings. The molecule has 2 heterocycles. The van der Waals surface area contributed by atoms with Crippen LogP contribution in [0.2, 0.25) is 0 Å². The van der Waals surface area contributed by atoms with Gasteiger partial charge in [0.2, 0.25) is 0 Å². The largest absolute Gasteiger partial charge is 0.309 e. The highest BCUT2D eigenvalue weighted by molar-refractivity contribution is 7.19. The number of benzene rings is 1. The fraction of sp³-hybridized carbons (Fsp3) is 0.400. The van der Waals surface area contributed by atoms with E-state index in [2.05, 4.69) is 58.0 Å². The van der Waals surface area contributed by atoms with Gasteiger partial charge in [-0.1, -0.05) is 25.1 Å². The molecular weight excluding hydrogens is 282 g/mol. The molecule has 1 unspecified atom stereocenters. The van der Waals surface area contributed by atoms with E-state index in [1.807, 2.05) is 11.3 Å². The van der Waals surface area contributed by atoms with E-state index in [-0.39, 0.29) is 6.04 Å². The molecule has 0 aliphatic rings. The number of aryl methyl sites for hydroxylation is 1. The lowest BCUT2D eigenvalue weighted by Crippen LogP contribution is -2.23. The summed E-state index contributed by atoms with van der Waals surface area (Å²) < 4.78 is 1.32. The highest BCUT2D eigenvalue weighted by atomic mass is 32.1. The molecule has 3 rings (SSSR count). The van der Waals surface area contributed by atoms with E-state index >= 15 is 0 Å². The lowest BCUT2D eigenvalue weighted by Gasteiger charge is -2.15. The van der Waals surface area contributed by atoms with E-state index in [0.29, 0.717) is 0 Å². The zero-order valence-corrected chi connectivity index (χ0v) is 13.1. The van der Waals surface area contributed by atoms with Gasteiger partial charge in [-0.2, -0.15) is 4.80 Å². The van der Waals surface area contributed by atoms with Crippen molar-refractivity contribution in [1.82, 2.24) is 25.5 Å². The Morgan fingerprint density at radius 1 is 1.33 bits per heavy atom. The zero-order chi connectivity index (χ0) is 14.7. The second-order valence-corrected chi connectivity index (χ2v) is 6.21. The van der Waals surface area contributed by atoms with Crippen molar-refractivity contribution in [2.45, 2.75) is 25.8 Å². The Morgan fingerprint density at radius 2 is 2.19 bits per heavy atom. The Hall–Kier alpha value is -1.79. The molecule has 1 N–H and O–H groups in total. The molecule has 1 atom stereocenters. The maximum absolute atomic E-state index is 4.30. The maximum atomic E-state index is 4.30. The van der Waals surface area contributed by atoms with E-state index in [9.17, 15) is 0 Å². The van der Waals surface area contributed by atoms with Crippen LogP contribution >= 0.6 is 11.3 Å². The van der Waals surface area contributed by atoms with Crippen LogP contribution in [0, 0.1) is 0 Å². The first-order chi connectivity index (χ1) is 10.3. The lowest BCUT2D eigenvalue weighted by molar-refractivity contribution is 0.524. The molecule has 2 aromatic heterocycles. The summed E-state index contributed by atoms with van der Waals surface area (Å²) in [6.45, 7) is 3.16. The Morgan fingerprint density at radius 3 is 2.90 bits per heavy atom. The molecule has 0 aliphatic carbocycles. The third kappa shape index (κ3) is 3.28. The highest BCUT2D eigenvalue weighted by Crippen LogP contribution is 2.31. The van der Waals surface area contributed by atoms with Crippen molar-refractivity contribution in [3.63, 3.8) is 0 Å². The number of hydrogen-bond acceptors (Lipinski definition) is 5. The quantitative estimate of drug-likeness (QED) is 0.760. The van der Waals surface area contributed by atoms with Gasteiger partial charge in [-0.05, 0) is 35.7 Å². The van der Waals surface area contributed by atoms with Gasteiger partial charge in [0.1, 0.15) is 0 Å². The number of aromatic nitrogens is 4. The summed E-state index contributed by atoms with van der Waals surface area (Å²) in [6, 6.07) is 11.0. The predicted octanol–water partition coefficient (Wildman–Crippen LogP) is 2.71. The first-order valence-corrected chi connectivity index (χ1v) is 8.02. The predicted molar refractivity (Wildman–Crippen MR) is 85.4 cm³/mol. The van der Waals surface area contributed by atoms with Crippen molar-refractivity contribution in [2.24, 2.45) is 7.05 Å². The SMILES string of the molecule is CCCNC(Cc1nnn(C)n1)c1cc2ccccc2s1. The smallest absolute Gasteiger partial charge is 0.176 e.